The molecular formula is C21H18ClN3O6. The maximum absolute atomic E-state index is 11.9. The first-order valence-corrected chi connectivity index (χ1v) is 9.56. The second kappa shape index (κ2) is 10.3. The van der Waals surface area contributed by atoms with E-state index in [0.29, 0.717) is 35.2 Å². The van der Waals surface area contributed by atoms with E-state index >= 15 is 0 Å². The number of halogens is 1. The van der Waals surface area contributed by atoms with Gasteiger partial charge >= 0.3 is 0 Å². The van der Waals surface area contributed by atoms with Crippen LogP contribution >= 0.6 is 11.6 Å². The summed E-state index contributed by atoms with van der Waals surface area (Å²) in [6.45, 7) is 2.09. The van der Waals surface area contributed by atoms with Gasteiger partial charge in [-0.25, -0.2) is 5.43 Å². The minimum Gasteiger partial charge on any atom is -0.490 e. The van der Waals surface area contributed by atoms with Gasteiger partial charge in [0.1, 0.15) is 11.5 Å². The second-order valence-electron chi connectivity index (χ2n) is 6.08. The highest BCUT2D eigenvalue weighted by atomic mass is 35.5. The minimum absolute atomic E-state index is 0.115. The van der Waals surface area contributed by atoms with E-state index in [4.69, 9.17) is 25.5 Å². The molecule has 10 heteroatoms. The predicted octanol–water partition coefficient (Wildman–Crippen LogP) is 4.44. The first-order chi connectivity index (χ1) is 15.0. The molecule has 3 rings (SSSR count). The fourth-order valence-corrected chi connectivity index (χ4v) is 2.84. The molecule has 0 spiro atoms. The van der Waals surface area contributed by atoms with Gasteiger partial charge in [-0.2, -0.15) is 5.10 Å². The number of ether oxygens (including phenoxy) is 2. The zero-order chi connectivity index (χ0) is 22.2. The van der Waals surface area contributed by atoms with Crippen LogP contribution in [0.25, 0.3) is 11.3 Å². The number of hydrazone groups is 1. The van der Waals surface area contributed by atoms with E-state index in [2.05, 4.69) is 10.5 Å². The molecule has 0 unspecified atom stereocenters. The standard InChI is InChI=1S/C21H18ClN3O6/c1-2-29-19-5-3-4-6-20(19)30-13-21(26)24-23-12-15-8-10-18(31-15)16-9-7-14(25(27)28)11-17(16)22/h3-12H,2,13H2,1H3,(H,24,26)/b23-12+. The summed E-state index contributed by atoms with van der Waals surface area (Å²) < 4.78 is 16.5. The third-order valence-corrected chi connectivity index (χ3v) is 4.26. The van der Waals surface area contributed by atoms with Crippen LogP contribution in [0.5, 0.6) is 11.5 Å². The van der Waals surface area contributed by atoms with Crippen LogP contribution in [0.3, 0.4) is 0 Å². The molecule has 1 N–H and O–H groups in total. The molecule has 3 aromatic rings. The number of carbonyl (C=O) groups is 1. The number of benzene rings is 2. The number of hydrogen-bond acceptors (Lipinski definition) is 7. The smallest absolute Gasteiger partial charge is 0.277 e. The number of nitro groups is 1. The van der Waals surface area contributed by atoms with E-state index in [0.717, 1.165) is 0 Å². The lowest BCUT2D eigenvalue weighted by molar-refractivity contribution is -0.384. The molecule has 0 radical (unpaired) electrons. The topological polar surface area (TPSA) is 116 Å². The molecule has 31 heavy (non-hydrogen) atoms. The average Bonchev–Trinajstić information content (AvgIpc) is 3.21. The quantitative estimate of drug-likeness (QED) is 0.297. The number of rotatable bonds is 9. The van der Waals surface area contributed by atoms with Gasteiger partial charge in [-0.3, -0.25) is 14.9 Å². The lowest BCUT2D eigenvalue weighted by atomic mass is 10.1. The van der Waals surface area contributed by atoms with Crippen molar-refractivity contribution >= 4 is 29.4 Å². The molecule has 1 amide bonds. The Morgan fingerprint density at radius 1 is 1.19 bits per heavy atom. The van der Waals surface area contributed by atoms with Gasteiger partial charge in [0, 0.05) is 17.7 Å². The zero-order valence-electron chi connectivity index (χ0n) is 16.4. The molecule has 0 aliphatic heterocycles. The van der Waals surface area contributed by atoms with Crippen molar-refractivity contribution in [3.63, 3.8) is 0 Å². The van der Waals surface area contributed by atoms with Crippen LogP contribution in [0.2, 0.25) is 5.02 Å². The zero-order valence-corrected chi connectivity index (χ0v) is 17.2. The number of nitrogens with one attached hydrogen (secondary N) is 1. The first kappa shape index (κ1) is 21.8. The maximum Gasteiger partial charge on any atom is 0.277 e. The Morgan fingerprint density at radius 2 is 1.94 bits per heavy atom. The third kappa shape index (κ3) is 5.83. The maximum atomic E-state index is 11.9. The van der Waals surface area contributed by atoms with E-state index in [1.165, 1.54) is 24.4 Å². The molecule has 9 nitrogen and oxygen atoms in total. The molecule has 1 heterocycles. The summed E-state index contributed by atoms with van der Waals surface area (Å²) in [5, 5.41) is 14.8. The van der Waals surface area contributed by atoms with Gasteiger partial charge in [-0.15, -0.1) is 0 Å². The Morgan fingerprint density at radius 3 is 2.61 bits per heavy atom. The summed E-state index contributed by atoms with van der Waals surface area (Å²) in [4.78, 5) is 22.2. The number of amides is 1. The van der Waals surface area contributed by atoms with Crippen molar-refractivity contribution in [1.82, 2.24) is 5.43 Å². The van der Waals surface area contributed by atoms with E-state index in [1.807, 2.05) is 13.0 Å². The van der Waals surface area contributed by atoms with E-state index < -0.39 is 10.8 Å². The summed E-state index contributed by atoms with van der Waals surface area (Å²) in [5.74, 6) is 1.30. The summed E-state index contributed by atoms with van der Waals surface area (Å²) in [5.41, 5.74) is 2.72. The van der Waals surface area contributed by atoms with Crippen molar-refractivity contribution in [1.29, 1.82) is 0 Å². The van der Waals surface area contributed by atoms with Crippen LogP contribution in [0.4, 0.5) is 5.69 Å². The third-order valence-electron chi connectivity index (χ3n) is 3.94. The Kier molecular flexibility index (Phi) is 7.23. The number of non-ortho nitro benzene ring substituents is 1. The van der Waals surface area contributed by atoms with E-state index in [9.17, 15) is 14.9 Å². The van der Waals surface area contributed by atoms with Gasteiger partial charge in [0.05, 0.1) is 22.8 Å². The number of nitrogens with zero attached hydrogens (tertiary/aromatic N) is 2. The summed E-state index contributed by atoms with van der Waals surface area (Å²) in [6, 6.07) is 14.4. The second-order valence-corrected chi connectivity index (χ2v) is 6.49. The summed E-state index contributed by atoms with van der Waals surface area (Å²) >= 11 is 6.10. The minimum atomic E-state index is -0.530. The molecule has 0 saturated heterocycles. The lowest BCUT2D eigenvalue weighted by Crippen LogP contribution is -2.24. The van der Waals surface area contributed by atoms with Crippen molar-refractivity contribution in [2.45, 2.75) is 6.92 Å². The van der Waals surface area contributed by atoms with Gasteiger partial charge in [0.25, 0.3) is 11.6 Å². The van der Waals surface area contributed by atoms with Gasteiger partial charge in [-0.05, 0) is 37.3 Å². The number of para-hydroxylation sites is 2. The van der Waals surface area contributed by atoms with Crippen molar-refractivity contribution in [2.75, 3.05) is 13.2 Å². The highest BCUT2D eigenvalue weighted by molar-refractivity contribution is 6.33. The molecule has 0 bridgehead atoms. The van der Waals surface area contributed by atoms with Crippen molar-refractivity contribution in [2.24, 2.45) is 5.10 Å². The average molecular weight is 444 g/mol. The van der Waals surface area contributed by atoms with Crippen LogP contribution in [-0.4, -0.2) is 30.3 Å². The monoisotopic (exact) mass is 443 g/mol. The Balaban J connectivity index is 1.56. The predicted molar refractivity (Wildman–Crippen MR) is 115 cm³/mol. The van der Waals surface area contributed by atoms with Gasteiger partial charge in [0.15, 0.2) is 18.1 Å². The summed E-state index contributed by atoms with van der Waals surface area (Å²) in [7, 11) is 0. The van der Waals surface area contributed by atoms with Gasteiger partial charge in [0.2, 0.25) is 0 Å². The summed E-state index contributed by atoms with van der Waals surface area (Å²) in [6.07, 6.45) is 1.31. The molecule has 160 valence electrons. The molecule has 2 aromatic carbocycles. The largest absolute Gasteiger partial charge is 0.490 e. The molecule has 1 aromatic heterocycles. The molecule has 0 fully saturated rings. The first-order valence-electron chi connectivity index (χ1n) is 9.18. The van der Waals surface area contributed by atoms with Crippen LogP contribution in [-0.2, 0) is 4.79 Å². The SMILES string of the molecule is CCOc1ccccc1OCC(=O)N/N=C/c1ccc(-c2ccc([N+](=O)[O-])cc2Cl)o1. The van der Waals surface area contributed by atoms with Crippen LogP contribution in [0, 0.1) is 10.1 Å². The highest BCUT2D eigenvalue weighted by Crippen LogP contribution is 2.32. The molecule has 0 aliphatic carbocycles. The Bertz CT molecular complexity index is 1110. The van der Waals surface area contributed by atoms with Crippen molar-refractivity contribution in [3.8, 4) is 22.8 Å². The van der Waals surface area contributed by atoms with Gasteiger partial charge < -0.3 is 13.9 Å². The van der Waals surface area contributed by atoms with Crippen LogP contribution < -0.4 is 14.9 Å². The Labute approximate surface area is 182 Å². The number of furan rings is 1. The highest BCUT2D eigenvalue weighted by Gasteiger charge is 2.13. The normalized spacial score (nSPS) is 10.8. The van der Waals surface area contributed by atoms with E-state index in [1.54, 1.807) is 30.3 Å². The molecule has 0 saturated carbocycles. The van der Waals surface area contributed by atoms with Crippen molar-refractivity contribution < 1.29 is 23.6 Å². The molecule has 0 aliphatic rings. The fraction of sp³-hybridized carbons (Fsp3) is 0.143. The van der Waals surface area contributed by atoms with E-state index in [-0.39, 0.29) is 17.3 Å². The van der Waals surface area contributed by atoms with Gasteiger partial charge in [-0.1, -0.05) is 23.7 Å². The molecular weight excluding hydrogens is 426 g/mol. The van der Waals surface area contributed by atoms with Crippen LogP contribution in [0.15, 0.2) is 64.1 Å². The molecule has 0 atom stereocenters. The Hall–Kier alpha value is -3.85. The number of nitro benzene ring substituents is 1. The number of carbonyl (C=O) groups excluding carboxylic acids is 1. The lowest BCUT2D eigenvalue weighted by Gasteiger charge is -2.10. The van der Waals surface area contributed by atoms with Crippen molar-refractivity contribution in [3.05, 3.63) is 75.5 Å². The number of hydrogen-bond donors (Lipinski definition) is 1. The fourth-order valence-electron chi connectivity index (χ4n) is 2.57. The van der Waals surface area contributed by atoms with Crippen LogP contribution in [0.1, 0.15) is 12.7 Å².